The lowest BCUT2D eigenvalue weighted by molar-refractivity contribution is -0.156. The molecule has 2 fully saturated rings. The first-order chi connectivity index (χ1) is 37.0. The number of nitrogen functional groups attached to an aromatic ring is 2. The molecule has 432 valence electrons. The number of carbonyl (C=O) groups is 4. The quantitative estimate of drug-likeness (QED) is 0.0529. The SMILES string of the molecule is CCCCc1nc2c([nH]1)c(N)nc1ccc(N3CCN(C(=O)[C@@H](N)CS(=O)(=O)O)CC3)cc12.CCCCc1nc2c([nH]1)c(N)nc1ccc(N3CCN(C(=O)[C@H](CS(=O)(=O)O)NC(=O)OC(C)(C)C)CC3)cc12.O=CC(F)(F)F. The van der Waals surface area contributed by atoms with Crippen molar-refractivity contribution in [3.63, 3.8) is 0 Å². The Bertz CT molecular complexity index is 3390. The molecule has 4 aromatic heterocycles. The van der Waals surface area contributed by atoms with Crippen LogP contribution in [0.3, 0.4) is 0 Å². The van der Waals surface area contributed by atoms with Crippen LogP contribution in [0.5, 0.6) is 0 Å². The molecule has 0 unspecified atom stereocenters. The van der Waals surface area contributed by atoms with Gasteiger partial charge in [0.25, 0.3) is 20.2 Å². The summed E-state index contributed by atoms with van der Waals surface area (Å²) in [6, 6.07) is 9.00. The summed E-state index contributed by atoms with van der Waals surface area (Å²) < 4.78 is 99.9. The molecule has 30 heteroatoms. The molecule has 2 aliphatic rings. The summed E-state index contributed by atoms with van der Waals surface area (Å²) in [4.78, 5) is 79.0. The predicted molar refractivity (Wildman–Crippen MR) is 293 cm³/mol. The number of aromatic nitrogens is 6. The first kappa shape index (κ1) is 61.1. The fourth-order valence-corrected chi connectivity index (χ4v) is 10.1. The van der Waals surface area contributed by atoms with E-state index in [9.17, 15) is 48.9 Å². The van der Waals surface area contributed by atoms with Crippen molar-refractivity contribution < 1.29 is 63.0 Å². The lowest BCUT2D eigenvalue weighted by Gasteiger charge is -2.37. The summed E-state index contributed by atoms with van der Waals surface area (Å²) in [7, 11) is -8.86. The van der Waals surface area contributed by atoms with Crippen molar-refractivity contribution in [2.75, 3.05) is 85.1 Å². The van der Waals surface area contributed by atoms with Crippen LogP contribution in [0.4, 0.5) is 41.0 Å². The second-order valence-corrected chi connectivity index (χ2v) is 23.0. The zero-order valence-corrected chi connectivity index (χ0v) is 46.0. The van der Waals surface area contributed by atoms with Crippen molar-refractivity contribution >= 4 is 111 Å². The lowest BCUT2D eigenvalue weighted by Crippen LogP contribution is -2.57. The average molecular weight is 1150 g/mol. The van der Waals surface area contributed by atoms with Crippen LogP contribution in [-0.4, -0.2) is 178 Å². The number of fused-ring (bicyclic) bond motifs is 6. The Morgan fingerprint density at radius 2 is 1.11 bits per heavy atom. The maximum absolute atomic E-state index is 13.2. The number of nitrogens with zero attached hydrogens (tertiary/aromatic N) is 8. The molecular weight excluding hydrogens is 1080 g/mol. The van der Waals surface area contributed by atoms with Gasteiger partial charge in [-0.2, -0.15) is 30.0 Å². The highest BCUT2D eigenvalue weighted by Crippen LogP contribution is 2.32. The van der Waals surface area contributed by atoms with Gasteiger partial charge in [-0.1, -0.05) is 26.7 Å². The minimum Gasteiger partial charge on any atom is -0.444 e. The minimum absolute atomic E-state index is 0.286. The van der Waals surface area contributed by atoms with E-state index in [2.05, 4.69) is 48.9 Å². The van der Waals surface area contributed by atoms with E-state index in [1.54, 1.807) is 20.8 Å². The number of amides is 3. The molecule has 2 saturated heterocycles. The van der Waals surface area contributed by atoms with Gasteiger partial charge in [-0.05, 0) is 70.0 Å². The van der Waals surface area contributed by atoms with E-state index in [0.29, 0.717) is 56.4 Å². The number of imidazole rings is 2. The summed E-state index contributed by atoms with van der Waals surface area (Å²) in [5.74, 6) is -0.242. The molecule has 2 atom stereocenters. The van der Waals surface area contributed by atoms with Gasteiger partial charge in [0.2, 0.25) is 18.1 Å². The Balaban J connectivity index is 0.000000234. The number of nitrogens with one attached hydrogen (secondary N) is 3. The van der Waals surface area contributed by atoms with Gasteiger partial charge >= 0.3 is 12.3 Å². The van der Waals surface area contributed by atoms with Crippen molar-refractivity contribution in [3.05, 3.63) is 48.0 Å². The predicted octanol–water partition coefficient (Wildman–Crippen LogP) is 4.11. The van der Waals surface area contributed by atoms with E-state index in [4.69, 9.17) is 41.3 Å². The highest BCUT2D eigenvalue weighted by Gasteiger charge is 2.34. The van der Waals surface area contributed by atoms with Gasteiger partial charge in [-0.25, -0.2) is 24.7 Å². The van der Waals surface area contributed by atoms with Crippen molar-refractivity contribution in [2.24, 2.45) is 5.73 Å². The van der Waals surface area contributed by atoms with Crippen LogP contribution in [0.25, 0.3) is 43.9 Å². The Kier molecular flexibility index (Phi) is 19.6. The van der Waals surface area contributed by atoms with Gasteiger partial charge in [-0.15, -0.1) is 0 Å². The molecule has 0 bridgehead atoms. The molecule has 2 aromatic carbocycles. The van der Waals surface area contributed by atoms with E-state index in [0.717, 1.165) is 99.9 Å². The number of halogens is 3. The van der Waals surface area contributed by atoms with Crippen LogP contribution in [0.15, 0.2) is 36.4 Å². The fraction of sp³-hybridized carbons (Fsp3) is 0.510. The first-order valence-electron chi connectivity index (χ1n) is 25.4. The Morgan fingerprint density at radius 1 is 0.709 bits per heavy atom. The number of benzene rings is 2. The van der Waals surface area contributed by atoms with Gasteiger partial charge in [-0.3, -0.25) is 23.5 Å². The number of anilines is 4. The molecule has 11 N–H and O–H groups in total. The fourth-order valence-electron chi connectivity index (χ4n) is 8.88. The Hall–Kier alpha value is -7.15. The number of aldehydes is 1. The number of hydrogen-bond acceptors (Lipinski definition) is 18. The third-order valence-corrected chi connectivity index (χ3v) is 14.2. The summed E-state index contributed by atoms with van der Waals surface area (Å²) in [5.41, 5.74) is 23.6. The van der Waals surface area contributed by atoms with Crippen LogP contribution in [-0.2, 0) is 52.2 Å². The molecule has 0 spiro atoms. The molecule has 0 radical (unpaired) electrons. The van der Waals surface area contributed by atoms with E-state index in [-0.39, 0.29) is 13.1 Å². The van der Waals surface area contributed by atoms with E-state index in [1.807, 2.05) is 36.4 Å². The summed E-state index contributed by atoms with van der Waals surface area (Å²) in [6.07, 6.45) is -0.799. The van der Waals surface area contributed by atoms with Crippen LogP contribution < -0.4 is 32.3 Å². The van der Waals surface area contributed by atoms with E-state index in [1.165, 1.54) is 9.80 Å². The van der Waals surface area contributed by atoms with Crippen molar-refractivity contribution in [1.82, 2.24) is 45.0 Å². The second kappa shape index (κ2) is 25.3. The highest BCUT2D eigenvalue weighted by atomic mass is 32.2. The number of alkyl carbamates (subject to hydrolysis) is 1. The Labute approximate surface area is 453 Å². The van der Waals surface area contributed by atoms with Gasteiger partial charge in [0.15, 0.2) is 0 Å². The third kappa shape index (κ3) is 16.9. The molecule has 6 heterocycles. The highest BCUT2D eigenvalue weighted by molar-refractivity contribution is 7.86. The number of unbranched alkanes of at least 4 members (excludes halogenated alkanes) is 2. The molecule has 0 aliphatic carbocycles. The molecule has 6 aromatic rings. The zero-order valence-electron chi connectivity index (χ0n) is 44.3. The number of rotatable bonds is 15. The number of piperazine rings is 2. The van der Waals surface area contributed by atoms with Crippen molar-refractivity contribution in [2.45, 2.75) is 97.0 Å². The van der Waals surface area contributed by atoms with Gasteiger partial charge < -0.3 is 56.8 Å². The minimum atomic E-state index is -4.64. The molecule has 0 saturated carbocycles. The van der Waals surface area contributed by atoms with Gasteiger partial charge in [0, 0.05) is 87.3 Å². The standard InChI is InChI=1S/C26H37N7O6S.C21H29N7O4S.C2HF3O/c1-5-6-7-20-30-21-17-14-16(8-9-18(17)28-23(27)22(21)31-20)32-10-12-33(13-11-32)24(34)19(15-40(36,37)38)29-25(35)39-26(2,3)4;1-2-3-4-17-25-18-14-11-13(5-6-16(14)24-20(23)19(18)26-17)27-7-9-28(10-8-27)21(29)15(22)12-33(30,31)32;3-2(4,5)1-6/h8-9,14,19H,5-7,10-13,15H2,1-4H3,(H2,27,28)(H,29,35)(H,30,31)(H,36,37,38);5-6,11,15H,2-4,7-10,12,22H2,1H3,(H2,23,24)(H,25,26)(H,30,31,32);1H/t19-;15-;/m00./s1. The number of aromatic amines is 2. The smallest absolute Gasteiger partial charge is 0.444 e. The molecule has 25 nitrogen and oxygen atoms in total. The number of nitrogens with two attached hydrogens (primary N) is 3. The molecule has 8 rings (SSSR count). The number of alkyl halides is 3. The lowest BCUT2D eigenvalue weighted by atomic mass is 10.1. The van der Waals surface area contributed by atoms with Crippen LogP contribution >= 0.6 is 0 Å². The maximum Gasteiger partial charge on any atom is 0.446 e. The van der Waals surface area contributed by atoms with Crippen LogP contribution in [0.1, 0.15) is 72.0 Å². The summed E-state index contributed by atoms with van der Waals surface area (Å²) in [6.45, 7) is 12.6. The largest absolute Gasteiger partial charge is 0.446 e. The number of hydrogen-bond donors (Lipinski definition) is 8. The number of pyridine rings is 2. The summed E-state index contributed by atoms with van der Waals surface area (Å²) in [5, 5.41) is 4.07. The zero-order chi connectivity index (χ0) is 58.2. The van der Waals surface area contributed by atoms with Crippen molar-refractivity contribution in [1.29, 1.82) is 0 Å². The summed E-state index contributed by atoms with van der Waals surface area (Å²) >= 11 is 0. The third-order valence-electron chi connectivity index (χ3n) is 12.6. The molecule has 3 amide bonds. The van der Waals surface area contributed by atoms with Crippen molar-refractivity contribution in [3.8, 4) is 0 Å². The Morgan fingerprint density at radius 3 is 1.48 bits per heavy atom. The topological polar surface area (TPSA) is 372 Å². The first-order valence-corrected chi connectivity index (χ1v) is 28.6. The van der Waals surface area contributed by atoms with Crippen LogP contribution in [0.2, 0.25) is 0 Å². The van der Waals surface area contributed by atoms with E-state index < -0.39 is 79.8 Å². The number of carbonyl (C=O) groups excluding carboxylic acids is 4. The van der Waals surface area contributed by atoms with Crippen LogP contribution in [0, 0.1) is 0 Å². The number of ether oxygens (including phenoxy) is 1. The van der Waals surface area contributed by atoms with Gasteiger partial charge in [0.1, 0.15) is 68.8 Å². The number of aryl methyl sites for hydroxylation is 2. The molecule has 2 aliphatic heterocycles. The average Bonchev–Trinajstić information content (AvgIpc) is 4.15. The van der Waals surface area contributed by atoms with E-state index >= 15 is 0 Å². The molecule has 79 heavy (non-hydrogen) atoms. The van der Waals surface area contributed by atoms with Gasteiger partial charge in [0.05, 0.1) is 16.8 Å². The maximum atomic E-state index is 13.2. The molecular formula is C49H67F3N14O11S2. The second-order valence-electron chi connectivity index (χ2n) is 20.0. The number of H-pyrrole nitrogens is 2. The monoisotopic (exact) mass is 1150 g/mol. The normalized spacial score (nSPS) is 15.3.